The molecule has 1 aliphatic heterocycles. The maximum atomic E-state index is 12.9. The van der Waals surface area contributed by atoms with Crippen LogP contribution in [-0.2, 0) is 9.53 Å². The minimum atomic E-state index is -0.525. The minimum Gasteiger partial charge on any atom is -0.422 e. The molecule has 1 aliphatic rings. The van der Waals surface area contributed by atoms with Gasteiger partial charge in [-0.2, -0.15) is 0 Å². The summed E-state index contributed by atoms with van der Waals surface area (Å²) in [6.07, 6.45) is 3.12. The van der Waals surface area contributed by atoms with Crippen LogP contribution in [0.25, 0.3) is 11.8 Å². The predicted molar refractivity (Wildman–Crippen MR) is 81.5 cm³/mol. The van der Waals surface area contributed by atoms with Crippen LogP contribution < -0.4 is 0 Å². The summed E-state index contributed by atoms with van der Waals surface area (Å²) in [5.41, 5.74) is 1.52. The molecule has 1 heterocycles. The van der Waals surface area contributed by atoms with Crippen molar-refractivity contribution in [3.05, 3.63) is 87.2 Å². The van der Waals surface area contributed by atoms with Gasteiger partial charge in [0.15, 0.2) is 0 Å². The fourth-order valence-corrected chi connectivity index (χ4v) is 2.12. The Hall–Kier alpha value is -3.28. The van der Waals surface area contributed by atoms with E-state index in [9.17, 15) is 19.3 Å². The van der Waals surface area contributed by atoms with E-state index >= 15 is 0 Å². The number of non-ortho nitro benzene ring substituents is 1. The lowest BCUT2D eigenvalue weighted by Crippen LogP contribution is -1.97. The molecule has 3 rings (SSSR count). The van der Waals surface area contributed by atoms with Crippen LogP contribution in [0.5, 0.6) is 0 Å². The normalized spacial score (nSPS) is 15.4. The zero-order valence-corrected chi connectivity index (χ0v) is 11.7. The first-order chi connectivity index (χ1) is 11.0. The van der Waals surface area contributed by atoms with Gasteiger partial charge in [0.1, 0.15) is 11.6 Å². The van der Waals surface area contributed by atoms with Crippen LogP contribution in [0.2, 0.25) is 0 Å². The highest BCUT2D eigenvalue weighted by Crippen LogP contribution is 2.27. The van der Waals surface area contributed by atoms with Crippen molar-refractivity contribution in [2.24, 2.45) is 0 Å². The van der Waals surface area contributed by atoms with E-state index in [0.29, 0.717) is 22.5 Å². The maximum absolute atomic E-state index is 12.9. The van der Waals surface area contributed by atoms with E-state index in [2.05, 4.69) is 0 Å². The summed E-state index contributed by atoms with van der Waals surface area (Å²) >= 11 is 0. The molecule has 2 aromatic carbocycles. The van der Waals surface area contributed by atoms with Crippen molar-refractivity contribution in [2.75, 3.05) is 0 Å². The molecule has 23 heavy (non-hydrogen) atoms. The van der Waals surface area contributed by atoms with Crippen LogP contribution in [0.4, 0.5) is 10.1 Å². The number of nitro groups is 1. The molecule has 0 aliphatic carbocycles. The van der Waals surface area contributed by atoms with E-state index in [-0.39, 0.29) is 11.5 Å². The molecule has 0 fully saturated rings. The van der Waals surface area contributed by atoms with Gasteiger partial charge >= 0.3 is 5.97 Å². The first-order valence-corrected chi connectivity index (χ1v) is 6.69. The average Bonchev–Trinajstić information content (AvgIpc) is 2.89. The Bertz CT molecular complexity index is 836. The molecule has 0 unspecified atom stereocenters. The monoisotopic (exact) mass is 311 g/mol. The molecule has 114 valence electrons. The number of carbonyl (C=O) groups excluding carboxylic acids is 1. The molecular weight excluding hydrogens is 301 g/mol. The number of hydrogen-bond acceptors (Lipinski definition) is 4. The van der Waals surface area contributed by atoms with Crippen molar-refractivity contribution in [2.45, 2.75) is 0 Å². The minimum absolute atomic E-state index is 0.0244. The van der Waals surface area contributed by atoms with Gasteiger partial charge in [-0.15, -0.1) is 0 Å². The third-order valence-corrected chi connectivity index (χ3v) is 3.28. The van der Waals surface area contributed by atoms with Gasteiger partial charge in [0.05, 0.1) is 10.5 Å². The number of cyclic esters (lactones) is 1. The Balaban J connectivity index is 1.88. The second-order valence-electron chi connectivity index (χ2n) is 4.85. The van der Waals surface area contributed by atoms with Crippen LogP contribution in [-0.4, -0.2) is 10.9 Å². The summed E-state index contributed by atoms with van der Waals surface area (Å²) in [5.74, 6) is -0.564. The molecule has 0 saturated carbocycles. The lowest BCUT2D eigenvalue weighted by molar-refractivity contribution is -0.384. The number of rotatable bonds is 3. The molecule has 0 bridgehead atoms. The molecule has 0 spiro atoms. The second-order valence-corrected chi connectivity index (χ2v) is 4.85. The Morgan fingerprint density at radius 1 is 1.04 bits per heavy atom. The fourth-order valence-electron chi connectivity index (χ4n) is 2.12. The molecule has 0 amide bonds. The van der Waals surface area contributed by atoms with Gasteiger partial charge in [0.2, 0.25) is 0 Å². The molecule has 0 atom stereocenters. The Morgan fingerprint density at radius 3 is 2.30 bits per heavy atom. The summed E-state index contributed by atoms with van der Waals surface area (Å²) in [6, 6.07) is 11.4. The number of carbonyl (C=O) groups is 1. The quantitative estimate of drug-likeness (QED) is 0.375. The Morgan fingerprint density at radius 2 is 1.70 bits per heavy atom. The van der Waals surface area contributed by atoms with Crippen molar-refractivity contribution in [3.63, 3.8) is 0 Å². The van der Waals surface area contributed by atoms with Crippen LogP contribution in [0, 0.1) is 15.9 Å². The first kappa shape index (κ1) is 14.6. The van der Waals surface area contributed by atoms with Gasteiger partial charge in [-0.1, -0.05) is 0 Å². The van der Waals surface area contributed by atoms with Crippen LogP contribution in [0.3, 0.4) is 0 Å². The van der Waals surface area contributed by atoms with Crippen molar-refractivity contribution < 1.29 is 18.8 Å². The summed E-state index contributed by atoms with van der Waals surface area (Å²) in [7, 11) is 0. The highest BCUT2D eigenvalue weighted by atomic mass is 19.1. The first-order valence-electron chi connectivity index (χ1n) is 6.69. The van der Waals surface area contributed by atoms with Gasteiger partial charge in [-0.3, -0.25) is 10.1 Å². The van der Waals surface area contributed by atoms with Crippen molar-refractivity contribution in [1.29, 1.82) is 0 Å². The maximum Gasteiger partial charge on any atom is 0.343 e. The van der Waals surface area contributed by atoms with E-state index in [4.69, 9.17) is 4.74 Å². The SMILES string of the molecule is O=C1OC(c2ccc(F)cc2)=C/C1=C\c1ccc([N+](=O)[O-])cc1. The van der Waals surface area contributed by atoms with Crippen molar-refractivity contribution in [1.82, 2.24) is 0 Å². The van der Waals surface area contributed by atoms with Crippen LogP contribution in [0.1, 0.15) is 11.1 Å². The van der Waals surface area contributed by atoms with E-state index in [0.717, 1.165) is 0 Å². The van der Waals surface area contributed by atoms with E-state index in [1.54, 1.807) is 24.3 Å². The van der Waals surface area contributed by atoms with E-state index in [1.165, 1.54) is 36.4 Å². The molecule has 0 saturated heterocycles. The third-order valence-electron chi connectivity index (χ3n) is 3.28. The number of ether oxygens (including phenoxy) is 1. The highest BCUT2D eigenvalue weighted by molar-refractivity contribution is 6.05. The number of esters is 1. The number of hydrogen-bond donors (Lipinski definition) is 0. The molecule has 5 nitrogen and oxygen atoms in total. The van der Waals surface area contributed by atoms with E-state index < -0.39 is 10.9 Å². The molecule has 0 N–H and O–H groups in total. The molecular formula is C17H10FNO4. The van der Waals surface area contributed by atoms with Gasteiger partial charge in [-0.05, 0) is 54.1 Å². The fraction of sp³-hybridized carbons (Fsp3) is 0. The summed E-state index contributed by atoms with van der Waals surface area (Å²) in [6.45, 7) is 0. The number of nitrogens with zero attached hydrogens (tertiary/aromatic N) is 1. The largest absolute Gasteiger partial charge is 0.422 e. The summed E-state index contributed by atoms with van der Waals surface area (Å²) < 4.78 is 18.1. The predicted octanol–water partition coefficient (Wildman–Crippen LogP) is 3.72. The molecule has 0 radical (unpaired) electrons. The van der Waals surface area contributed by atoms with Crippen LogP contribution >= 0.6 is 0 Å². The number of halogens is 1. The molecule has 0 aromatic heterocycles. The van der Waals surface area contributed by atoms with Gasteiger partial charge in [0, 0.05) is 17.7 Å². The van der Waals surface area contributed by atoms with Gasteiger partial charge < -0.3 is 4.74 Å². The van der Waals surface area contributed by atoms with Crippen LogP contribution in [0.15, 0.2) is 60.2 Å². The summed E-state index contributed by atoms with van der Waals surface area (Å²) in [5, 5.41) is 10.6. The van der Waals surface area contributed by atoms with Crippen molar-refractivity contribution in [3.8, 4) is 0 Å². The lowest BCUT2D eigenvalue weighted by Gasteiger charge is -2.00. The second kappa shape index (κ2) is 5.84. The Labute approximate surface area is 130 Å². The smallest absolute Gasteiger partial charge is 0.343 e. The zero-order chi connectivity index (χ0) is 16.4. The van der Waals surface area contributed by atoms with Gasteiger partial charge in [0.25, 0.3) is 5.69 Å². The molecule has 2 aromatic rings. The standard InChI is InChI=1S/C17H10FNO4/c18-14-5-3-12(4-6-14)16-10-13(17(20)23-16)9-11-1-7-15(8-2-11)19(21)22/h1-10H/b13-9+. The van der Waals surface area contributed by atoms with E-state index in [1.807, 2.05) is 0 Å². The lowest BCUT2D eigenvalue weighted by atomic mass is 10.1. The molecule has 6 heteroatoms. The average molecular weight is 311 g/mol. The number of nitro benzene ring substituents is 1. The third kappa shape index (κ3) is 3.16. The van der Waals surface area contributed by atoms with Crippen molar-refractivity contribution >= 4 is 23.5 Å². The summed E-state index contributed by atoms with van der Waals surface area (Å²) in [4.78, 5) is 22.0. The highest BCUT2D eigenvalue weighted by Gasteiger charge is 2.22. The topological polar surface area (TPSA) is 69.4 Å². The number of benzene rings is 2. The zero-order valence-electron chi connectivity index (χ0n) is 11.7. The van der Waals surface area contributed by atoms with Gasteiger partial charge in [-0.25, -0.2) is 9.18 Å². The Kier molecular flexibility index (Phi) is 3.72.